The van der Waals surface area contributed by atoms with E-state index in [0.29, 0.717) is 17.4 Å². The van der Waals surface area contributed by atoms with E-state index >= 15 is 0 Å². The predicted molar refractivity (Wildman–Crippen MR) is 70.5 cm³/mol. The zero-order valence-electron chi connectivity index (χ0n) is 10.9. The van der Waals surface area contributed by atoms with Crippen molar-refractivity contribution in [2.24, 2.45) is 0 Å². The van der Waals surface area contributed by atoms with Gasteiger partial charge in [-0.2, -0.15) is 13.2 Å². The molecule has 0 fully saturated rings. The largest absolute Gasteiger partial charge is 0.507 e. The average molecular weight is 296 g/mol. The smallest absolute Gasteiger partial charge is 0.416 e. The molecular weight excluding hydrogens is 285 g/mol. The molecule has 0 aliphatic carbocycles. The van der Waals surface area contributed by atoms with E-state index in [0.717, 1.165) is 12.1 Å². The summed E-state index contributed by atoms with van der Waals surface area (Å²) in [6.45, 7) is 0. The summed E-state index contributed by atoms with van der Waals surface area (Å²) >= 11 is 0. The number of benzene rings is 2. The van der Waals surface area contributed by atoms with Crippen molar-refractivity contribution in [1.82, 2.24) is 0 Å². The quantitative estimate of drug-likeness (QED) is 0.874. The molecule has 1 N–H and O–H groups in total. The third kappa shape index (κ3) is 2.99. The van der Waals surface area contributed by atoms with Gasteiger partial charge in [0.2, 0.25) is 0 Å². The highest BCUT2D eigenvalue weighted by atomic mass is 19.4. The van der Waals surface area contributed by atoms with Crippen LogP contribution in [0.1, 0.15) is 15.9 Å². The number of aromatic hydroxyl groups is 1. The first kappa shape index (κ1) is 14.9. The van der Waals surface area contributed by atoms with E-state index in [-0.39, 0.29) is 17.1 Å². The van der Waals surface area contributed by atoms with Crippen LogP contribution in [0.3, 0.4) is 0 Å². The Bertz CT molecular complexity index is 678. The molecule has 110 valence electrons. The van der Waals surface area contributed by atoms with Crippen LogP contribution in [0.2, 0.25) is 0 Å². The van der Waals surface area contributed by atoms with Gasteiger partial charge in [-0.25, -0.2) is 0 Å². The van der Waals surface area contributed by atoms with Gasteiger partial charge in [0.15, 0.2) is 6.29 Å². The number of carbonyl (C=O) groups excluding carboxylic acids is 1. The predicted octanol–water partition coefficient (Wildman–Crippen LogP) is 3.90. The lowest BCUT2D eigenvalue weighted by molar-refractivity contribution is -0.137. The third-order valence-electron chi connectivity index (χ3n) is 2.99. The Kier molecular flexibility index (Phi) is 3.88. The maximum atomic E-state index is 12.7. The Morgan fingerprint density at radius 2 is 1.86 bits per heavy atom. The zero-order valence-corrected chi connectivity index (χ0v) is 10.9. The molecule has 2 rings (SSSR count). The number of methoxy groups -OCH3 is 1. The lowest BCUT2D eigenvalue weighted by Gasteiger charge is -2.13. The van der Waals surface area contributed by atoms with Gasteiger partial charge in [-0.1, -0.05) is 12.1 Å². The first-order valence-electron chi connectivity index (χ1n) is 5.90. The topological polar surface area (TPSA) is 46.5 Å². The van der Waals surface area contributed by atoms with Crippen molar-refractivity contribution >= 4 is 6.29 Å². The molecule has 0 bridgehead atoms. The number of halogens is 3. The second-order valence-electron chi connectivity index (χ2n) is 4.30. The fraction of sp³-hybridized carbons (Fsp3) is 0.133. The molecule has 0 spiro atoms. The second kappa shape index (κ2) is 5.47. The van der Waals surface area contributed by atoms with Gasteiger partial charge in [0.05, 0.1) is 18.2 Å². The number of alkyl halides is 3. The fourth-order valence-electron chi connectivity index (χ4n) is 1.92. The fourth-order valence-corrected chi connectivity index (χ4v) is 1.92. The Balaban J connectivity index is 2.56. The zero-order chi connectivity index (χ0) is 15.6. The number of phenols is 1. The maximum Gasteiger partial charge on any atom is 0.416 e. The summed E-state index contributed by atoms with van der Waals surface area (Å²) in [6.07, 6.45) is -4.00. The Labute approximate surface area is 118 Å². The molecule has 0 aliphatic rings. The summed E-state index contributed by atoms with van der Waals surface area (Å²) in [5.74, 6) is -0.160. The lowest BCUT2D eigenvalue weighted by atomic mass is 10.00. The van der Waals surface area contributed by atoms with Crippen LogP contribution in [-0.4, -0.2) is 18.5 Å². The van der Waals surface area contributed by atoms with Crippen molar-refractivity contribution in [3.63, 3.8) is 0 Å². The van der Waals surface area contributed by atoms with E-state index in [9.17, 15) is 23.1 Å². The number of rotatable bonds is 3. The average Bonchev–Trinajstić information content (AvgIpc) is 2.46. The molecule has 6 heteroatoms. The summed E-state index contributed by atoms with van der Waals surface area (Å²) in [7, 11) is 1.26. The highest BCUT2D eigenvalue weighted by Crippen LogP contribution is 2.37. The maximum absolute atomic E-state index is 12.7. The molecule has 0 aliphatic heterocycles. The molecule has 21 heavy (non-hydrogen) atoms. The number of aldehydes is 1. The van der Waals surface area contributed by atoms with Gasteiger partial charge in [-0.3, -0.25) is 4.79 Å². The molecule has 2 aromatic rings. The standard InChI is InChI=1S/C15H11F3O3/c1-21-14-7-11(15(16,17)18)3-4-12(14)9-2-5-13(20)10(6-9)8-19/h2-8,20H,1H3. The van der Waals surface area contributed by atoms with Crippen molar-refractivity contribution in [3.05, 3.63) is 47.5 Å². The van der Waals surface area contributed by atoms with Crippen LogP contribution in [-0.2, 0) is 6.18 Å². The van der Waals surface area contributed by atoms with Crippen molar-refractivity contribution in [3.8, 4) is 22.6 Å². The summed E-state index contributed by atoms with van der Waals surface area (Å²) in [5.41, 5.74) is 0.0982. The van der Waals surface area contributed by atoms with Gasteiger partial charge in [0, 0.05) is 5.56 Å². The normalized spacial score (nSPS) is 11.2. The van der Waals surface area contributed by atoms with Crippen LogP contribution >= 0.6 is 0 Å². The number of carbonyl (C=O) groups is 1. The van der Waals surface area contributed by atoms with Gasteiger partial charge in [0.25, 0.3) is 0 Å². The van der Waals surface area contributed by atoms with E-state index in [1.807, 2.05) is 0 Å². The summed E-state index contributed by atoms with van der Waals surface area (Å²) in [4.78, 5) is 10.8. The summed E-state index contributed by atoms with van der Waals surface area (Å²) < 4.78 is 43.0. The third-order valence-corrected chi connectivity index (χ3v) is 2.99. The van der Waals surface area contributed by atoms with Crippen molar-refractivity contribution in [1.29, 1.82) is 0 Å². The Morgan fingerprint density at radius 1 is 1.14 bits per heavy atom. The van der Waals surface area contributed by atoms with Crippen LogP contribution in [0, 0.1) is 0 Å². The van der Waals surface area contributed by atoms with E-state index in [1.165, 1.54) is 31.4 Å². The van der Waals surface area contributed by atoms with Crippen LogP contribution in [0.15, 0.2) is 36.4 Å². The monoisotopic (exact) mass is 296 g/mol. The molecule has 0 heterocycles. The SMILES string of the molecule is COc1cc(C(F)(F)F)ccc1-c1ccc(O)c(C=O)c1. The van der Waals surface area contributed by atoms with E-state index in [1.54, 1.807) is 0 Å². The molecule has 0 aromatic heterocycles. The van der Waals surface area contributed by atoms with Gasteiger partial charge < -0.3 is 9.84 Å². The minimum atomic E-state index is -4.46. The van der Waals surface area contributed by atoms with Crippen molar-refractivity contribution < 1.29 is 27.8 Å². The molecule has 3 nitrogen and oxygen atoms in total. The van der Waals surface area contributed by atoms with E-state index in [2.05, 4.69) is 0 Å². The van der Waals surface area contributed by atoms with Gasteiger partial charge in [-0.15, -0.1) is 0 Å². The summed E-state index contributed by atoms with van der Waals surface area (Å²) in [6, 6.07) is 7.27. The first-order chi connectivity index (χ1) is 9.86. The molecule has 0 unspecified atom stereocenters. The van der Waals surface area contributed by atoms with Crippen molar-refractivity contribution in [2.75, 3.05) is 7.11 Å². The molecule has 0 atom stereocenters. The molecule has 0 saturated carbocycles. The summed E-state index contributed by atoms with van der Waals surface area (Å²) in [5, 5.41) is 9.45. The number of phenolic OH excluding ortho intramolecular Hbond substituents is 1. The van der Waals surface area contributed by atoms with Crippen LogP contribution < -0.4 is 4.74 Å². The molecule has 2 aromatic carbocycles. The van der Waals surface area contributed by atoms with Gasteiger partial charge in [-0.05, 0) is 29.8 Å². The highest BCUT2D eigenvalue weighted by molar-refractivity contribution is 5.84. The molecule has 0 saturated heterocycles. The minimum absolute atomic E-state index is 0.0346. The minimum Gasteiger partial charge on any atom is -0.507 e. The van der Waals surface area contributed by atoms with E-state index in [4.69, 9.17) is 4.74 Å². The number of ether oxygens (including phenoxy) is 1. The first-order valence-corrected chi connectivity index (χ1v) is 5.90. The van der Waals surface area contributed by atoms with E-state index < -0.39 is 11.7 Å². The Hall–Kier alpha value is -2.50. The molecule has 0 radical (unpaired) electrons. The van der Waals surface area contributed by atoms with Crippen LogP contribution in [0.5, 0.6) is 11.5 Å². The second-order valence-corrected chi connectivity index (χ2v) is 4.30. The number of hydrogen-bond acceptors (Lipinski definition) is 3. The van der Waals surface area contributed by atoms with Gasteiger partial charge >= 0.3 is 6.18 Å². The van der Waals surface area contributed by atoms with Crippen molar-refractivity contribution in [2.45, 2.75) is 6.18 Å². The highest BCUT2D eigenvalue weighted by Gasteiger charge is 2.31. The van der Waals surface area contributed by atoms with Crippen LogP contribution in [0.4, 0.5) is 13.2 Å². The molecular formula is C15H11F3O3. The number of hydrogen-bond donors (Lipinski definition) is 1. The Morgan fingerprint density at radius 3 is 2.43 bits per heavy atom. The molecule has 0 amide bonds. The van der Waals surface area contributed by atoms with Gasteiger partial charge in [0.1, 0.15) is 11.5 Å². The lowest BCUT2D eigenvalue weighted by Crippen LogP contribution is -2.05. The van der Waals surface area contributed by atoms with Crippen LogP contribution in [0.25, 0.3) is 11.1 Å².